The molecule has 102 valence electrons. The summed E-state index contributed by atoms with van der Waals surface area (Å²) >= 11 is 0. The summed E-state index contributed by atoms with van der Waals surface area (Å²) in [6.45, 7) is 12.7. The molecule has 18 heavy (non-hydrogen) atoms. The molecule has 1 saturated heterocycles. The lowest BCUT2D eigenvalue weighted by Crippen LogP contribution is -2.52. The first-order chi connectivity index (χ1) is 8.46. The van der Waals surface area contributed by atoms with E-state index >= 15 is 0 Å². The van der Waals surface area contributed by atoms with E-state index in [0.29, 0.717) is 17.6 Å². The molecule has 1 saturated carbocycles. The van der Waals surface area contributed by atoms with Crippen LogP contribution in [0.2, 0.25) is 0 Å². The van der Waals surface area contributed by atoms with Gasteiger partial charge in [-0.15, -0.1) is 0 Å². The van der Waals surface area contributed by atoms with Gasteiger partial charge in [-0.25, -0.2) is 0 Å². The van der Waals surface area contributed by atoms with Crippen molar-refractivity contribution in [3.63, 3.8) is 0 Å². The predicted octanol–water partition coefficient (Wildman–Crippen LogP) is 3.09. The summed E-state index contributed by atoms with van der Waals surface area (Å²) in [5.74, 6) is 1.80. The highest BCUT2D eigenvalue weighted by Crippen LogP contribution is 2.59. The van der Waals surface area contributed by atoms with Crippen LogP contribution in [0, 0.1) is 17.3 Å². The third kappa shape index (κ3) is 2.04. The molecule has 4 aliphatic rings. The Hall–Kier alpha value is -0.340. The Kier molecular flexibility index (Phi) is 3.06. The zero-order chi connectivity index (χ0) is 12.9. The second-order valence-corrected chi connectivity index (χ2v) is 7.27. The van der Waals surface area contributed by atoms with Gasteiger partial charge in [0.15, 0.2) is 0 Å². The molecule has 4 atom stereocenters. The Morgan fingerprint density at radius 1 is 1.28 bits per heavy atom. The molecular formula is C16H27NO. The summed E-state index contributed by atoms with van der Waals surface area (Å²) in [5, 5.41) is 0. The average Bonchev–Trinajstić information content (AvgIpc) is 2.27. The molecule has 3 aliphatic carbocycles. The monoisotopic (exact) mass is 249 g/mol. The first-order valence-corrected chi connectivity index (χ1v) is 7.53. The number of ether oxygens (including phenoxy) is 1. The summed E-state index contributed by atoms with van der Waals surface area (Å²) in [6.07, 6.45) is 6.07. The van der Waals surface area contributed by atoms with E-state index in [1.807, 2.05) is 0 Å². The van der Waals surface area contributed by atoms with E-state index in [-0.39, 0.29) is 0 Å². The predicted molar refractivity (Wildman–Crippen MR) is 74.5 cm³/mol. The van der Waals surface area contributed by atoms with E-state index in [9.17, 15) is 0 Å². The van der Waals surface area contributed by atoms with Crippen molar-refractivity contribution in [3.8, 4) is 0 Å². The van der Waals surface area contributed by atoms with Crippen LogP contribution in [0.5, 0.6) is 0 Å². The lowest BCUT2D eigenvalue weighted by molar-refractivity contribution is -0.0702. The second-order valence-electron chi connectivity index (χ2n) is 7.27. The van der Waals surface area contributed by atoms with E-state index in [0.717, 1.165) is 24.9 Å². The summed E-state index contributed by atoms with van der Waals surface area (Å²) in [7, 11) is 0. The average molecular weight is 249 g/mol. The van der Waals surface area contributed by atoms with Gasteiger partial charge >= 0.3 is 0 Å². The van der Waals surface area contributed by atoms with Crippen LogP contribution in [0.4, 0.5) is 0 Å². The van der Waals surface area contributed by atoms with Crippen molar-refractivity contribution in [1.82, 2.24) is 4.90 Å². The highest BCUT2D eigenvalue weighted by Gasteiger charge is 2.51. The topological polar surface area (TPSA) is 12.5 Å². The smallest absolute Gasteiger partial charge is 0.0678 e. The van der Waals surface area contributed by atoms with Gasteiger partial charge in [0.25, 0.3) is 0 Å². The van der Waals surface area contributed by atoms with Crippen molar-refractivity contribution in [1.29, 1.82) is 0 Å². The van der Waals surface area contributed by atoms with Crippen molar-refractivity contribution in [2.75, 3.05) is 19.6 Å². The van der Waals surface area contributed by atoms with Crippen LogP contribution in [-0.4, -0.2) is 36.7 Å². The molecule has 0 aromatic carbocycles. The van der Waals surface area contributed by atoms with Gasteiger partial charge in [0.05, 0.1) is 12.2 Å². The van der Waals surface area contributed by atoms with Gasteiger partial charge in [-0.3, -0.25) is 4.90 Å². The van der Waals surface area contributed by atoms with Crippen LogP contribution in [0.25, 0.3) is 0 Å². The molecule has 2 fully saturated rings. The molecule has 0 amide bonds. The molecular weight excluding hydrogens is 222 g/mol. The molecule has 0 N–H and O–H groups in total. The van der Waals surface area contributed by atoms with Gasteiger partial charge in [0, 0.05) is 19.6 Å². The van der Waals surface area contributed by atoms with Crippen LogP contribution in [0.3, 0.4) is 0 Å². The van der Waals surface area contributed by atoms with Gasteiger partial charge in [-0.2, -0.15) is 0 Å². The van der Waals surface area contributed by atoms with E-state index in [1.165, 1.54) is 19.4 Å². The number of allylic oxidation sites excluding steroid dienone is 1. The Balaban J connectivity index is 1.65. The van der Waals surface area contributed by atoms with Gasteiger partial charge in [0.2, 0.25) is 0 Å². The van der Waals surface area contributed by atoms with Gasteiger partial charge in [-0.1, -0.05) is 25.5 Å². The van der Waals surface area contributed by atoms with E-state index in [1.54, 1.807) is 5.57 Å². The molecule has 1 aliphatic heterocycles. The third-order valence-corrected chi connectivity index (χ3v) is 5.48. The zero-order valence-electron chi connectivity index (χ0n) is 12.3. The van der Waals surface area contributed by atoms with Crippen LogP contribution in [0.15, 0.2) is 11.6 Å². The van der Waals surface area contributed by atoms with Crippen LogP contribution < -0.4 is 0 Å². The minimum Gasteiger partial charge on any atom is -0.373 e. The molecule has 1 heterocycles. The summed E-state index contributed by atoms with van der Waals surface area (Å²) in [6, 6.07) is 0. The number of hydrogen-bond acceptors (Lipinski definition) is 2. The highest BCUT2D eigenvalue weighted by atomic mass is 16.5. The van der Waals surface area contributed by atoms with Crippen molar-refractivity contribution < 1.29 is 4.74 Å². The molecule has 0 aromatic rings. The first-order valence-electron chi connectivity index (χ1n) is 7.53. The number of hydrogen-bond donors (Lipinski definition) is 0. The standard InChI is InChI=1S/C16H27NO/c1-11-8-17(9-12(2)18-11)10-13-5-6-14-7-15(13)16(14,3)4/h5,11-12,14-15H,6-10H2,1-4H3. The molecule has 2 nitrogen and oxygen atoms in total. The van der Waals surface area contributed by atoms with E-state index < -0.39 is 0 Å². The number of morpholine rings is 1. The molecule has 2 bridgehead atoms. The number of nitrogens with zero attached hydrogens (tertiary/aromatic N) is 1. The van der Waals surface area contributed by atoms with Crippen LogP contribution in [-0.2, 0) is 4.74 Å². The number of rotatable bonds is 2. The normalized spacial score (nSPS) is 43.2. The maximum atomic E-state index is 5.82. The zero-order valence-corrected chi connectivity index (χ0v) is 12.3. The van der Waals surface area contributed by atoms with E-state index in [2.05, 4.69) is 38.7 Å². The molecule has 0 aromatic heterocycles. The van der Waals surface area contributed by atoms with E-state index in [4.69, 9.17) is 4.74 Å². The fraction of sp³-hybridized carbons (Fsp3) is 0.875. The summed E-state index contributed by atoms with van der Waals surface area (Å²) in [5.41, 5.74) is 2.27. The SMILES string of the molecule is CC1CN(CC2=CCC3CC2C3(C)C)CC(C)O1. The quantitative estimate of drug-likeness (QED) is 0.697. The largest absolute Gasteiger partial charge is 0.373 e. The fourth-order valence-electron chi connectivity index (χ4n) is 4.33. The molecule has 0 spiro atoms. The Bertz CT molecular complexity index is 350. The first kappa shape index (κ1) is 12.7. The second kappa shape index (κ2) is 4.35. The van der Waals surface area contributed by atoms with Crippen molar-refractivity contribution in [2.24, 2.45) is 17.3 Å². The fourth-order valence-corrected chi connectivity index (χ4v) is 4.33. The van der Waals surface area contributed by atoms with Crippen molar-refractivity contribution in [3.05, 3.63) is 11.6 Å². The maximum absolute atomic E-state index is 5.82. The Labute approximate surface area is 111 Å². The molecule has 2 heteroatoms. The maximum Gasteiger partial charge on any atom is 0.0678 e. The molecule has 4 unspecified atom stereocenters. The lowest BCUT2D eigenvalue weighted by Gasteiger charge is -2.57. The van der Waals surface area contributed by atoms with Gasteiger partial charge < -0.3 is 4.74 Å². The van der Waals surface area contributed by atoms with Gasteiger partial charge in [-0.05, 0) is 43.9 Å². The molecule has 0 radical (unpaired) electrons. The van der Waals surface area contributed by atoms with Crippen molar-refractivity contribution in [2.45, 2.75) is 52.7 Å². The third-order valence-electron chi connectivity index (χ3n) is 5.48. The lowest BCUT2D eigenvalue weighted by atomic mass is 9.49. The molecule has 4 rings (SSSR count). The Morgan fingerprint density at radius 3 is 2.50 bits per heavy atom. The summed E-state index contributed by atoms with van der Waals surface area (Å²) < 4.78 is 5.82. The highest BCUT2D eigenvalue weighted by molar-refractivity contribution is 5.24. The van der Waals surface area contributed by atoms with Crippen LogP contribution >= 0.6 is 0 Å². The number of fused-ring (bicyclic) bond motifs is 1. The van der Waals surface area contributed by atoms with Crippen molar-refractivity contribution >= 4 is 0 Å². The minimum absolute atomic E-state index is 0.389. The van der Waals surface area contributed by atoms with Crippen LogP contribution in [0.1, 0.15) is 40.5 Å². The summed E-state index contributed by atoms with van der Waals surface area (Å²) in [4.78, 5) is 2.60. The Morgan fingerprint density at radius 2 is 1.94 bits per heavy atom. The minimum atomic E-state index is 0.389. The van der Waals surface area contributed by atoms with Gasteiger partial charge in [0.1, 0.15) is 0 Å².